The topological polar surface area (TPSA) is 36.4 Å². The molecule has 4 nitrogen and oxygen atoms in total. The van der Waals surface area contributed by atoms with Gasteiger partial charge in [0, 0.05) is 43.6 Å². The molecule has 202 valence electrons. The molecule has 4 rings (SSSR count). The van der Waals surface area contributed by atoms with Crippen LogP contribution in [0.25, 0.3) is 11.1 Å². The van der Waals surface area contributed by atoms with Crippen LogP contribution in [0.2, 0.25) is 0 Å². The van der Waals surface area contributed by atoms with Crippen molar-refractivity contribution in [1.82, 2.24) is 14.8 Å². The molecule has 38 heavy (non-hydrogen) atoms. The second-order valence-corrected chi connectivity index (χ2v) is 11.3. The van der Waals surface area contributed by atoms with Crippen LogP contribution in [0, 0.1) is 5.92 Å². The molecule has 0 aliphatic carbocycles. The van der Waals surface area contributed by atoms with E-state index in [-0.39, 0.29) is 11.9 Å². The molecule has 0 bridgehead atoms. The van der Waals surface area contributed by atoms with Gasteiger partial charge < -0.3 is 9.80 Å². The molecule has 1 aliphatic rings. The number of nitrogens with zero attached hydrogens (tertiary/aromatic N) is 3. The van der Waals surface area contributed by atoms with Crippen molar-refractivity contribution in [2.24, 2.45) is 5.92 Å². The Kier molecular flexibility index (Phi) is 10.5. The zero-order valence-corrected chi connectivity index (χ0v) is 23.6. The molecule has 0 saturated carbocycles. The van der Waals surface area contributed by atoms with E-state index in [2.05, 4.69) is 78.0 Å². The van der Waals surface area contributed by atoms with Crippen LogP contribution in [-0.2, 0) is 13.0 Å². The molecule has 0 spiro atoms. The van der Waals surface area contributed by atoms with Crippen LogP contribution in [-0.4, -0.2) is 46.4 Å². The Morgan fingerprint density at radius 1 is 0.947 bits per heavy atom. The summed E-state index contributed by atoms with van der Waals surface area (Å²) in [5, 5.41) is 0. The van der Waals surface area contributed by atoms with E-state index in [1.54, 1.807) is 6.20 Å². The molecule has 0 atom stereocenters. The van der Waals surface area contributed by atoms with Crippen LogP contribution in [0.5, 0.6) is 0 Å². The third-order valence-corrected chi connectivity index (χ3v) is 7.85. The maximum Gasteiger partial charge on any atom is 0.254 e. The van der Waals surface area contributed by atoms with Gasteiger partial charge in [0.05, 0.1) is 0 Å². The number of carbonyl (C=O) groups is 1. The molecule has 3 aromatic rings. The number of hydrogen-bond donors (Lipinski definition) is 0. The molecule has 0 N–H and O–H groups in total. The normalized spacial score (nSPS) is 14.6. The van der Waals surface area contributed by atoms with Crippen molar-refractivity contribution in [3.8, 4) is 11.1 Å². The van der Waals surface area contributed by atoms with Gasteiger partial charge in [-0.3, -0.25) is 9.78 Å². The maximum atomic E-state index is 13.9. The van der Waals surface area contributed by atoms with Gasteiger partial charge in [0.2, 0.25) is 0 Å². The molecule has 0 radical (unpaired) electrons. The highest BCUT2D eigenvalue weighted by atomic mass is 16.2. The van der Waals surface area contributed by atoms with Crippen molar-refractivity contribution in [2.75, 3.05) is 19.6 Å². The molecule has 0 unspecified atom stereocenters. The Hall–Kier alpha value is -2.98. The number of benzene rings is 2. The van der Waals surface area contributed by atoms with Crippen molar-refractivity contribution in [2.45, 2.75) is 78.3 Å². The Labute approximate surface area is 230 Å². The second kappa shape index (κ2) is 14.2. The summed E-state index contributed by atoms with van der Waals surface area (Å²) in [4.78, 5) is 22.9. The molecule has 1 amide bonds. The van der Waals surface area contributed by atoms with Gasteiger partial charge in [-0.2, -0.15) is 0 Å². The van der Waals surface area contributed by atoms with Gasteiger partial charge in [0.1, 0.15) is 0 Å². The summed E-state index contributed by atoms with van der Waals surface area (Å²) < 4.78 is 0. The lowest BCUT2D eigenvalue weighted by molar-refractivity contribution is 0.0546. The highest BCUT2D eigenvalue weighted by molar-refractivity contribution is 5.94. The highest BCUT2D eigenvalue weighted by Crippen LogP contribution is 2.24. The summed E-state index contributed by atoms with van der Waals surface area (Å²) in [5.41, 5.74) is 5.56. The van der Waals surface area contributed by atoms with Crippen LogP contribution in [0.15, 0.2) is 73.1 Å². The van der Waals surface area contributed by atoms with Gasteiger partial charge in [-0.15, -0.1) is 0 Å². The number of rotatable bonds is 12. The average molecular weight is 512 g/mol. The summed E-state index contributed by atoms with van der Waals surface area (Å²) in [6.45, 7) is 10.8. The minimum Gasteiger partial charge on any atom is -0.331 e. The quantitative estimate of drug-likeness (QED) is 0.235. The van der Waals surface area contributed by atoms with Gasteiger partial charge >= 0.3 is 0 Å². The van der Waals surface area contributed by atoms with E-state index in [4.69, 9.17) is 0 Å². The fourth-order valence-corrected chi connectivity index (χ4v) is 5.35. The van der Waals surface area contributed by atoms with Crippen molar-refractivity contribution < 1.29 is 4.79 Å². The lowest BCUT2D eigenvalue weighted by Crippen LogP contribution is -2.47. The fourth-order valence-electron chi connectivity index (χ4n) is 5.35. The lowest BCUT2D eigenvalue weighted by atomic mass is 9.98. The molecule has 4 heteroatoms. The van der Waals surface area contributed by atoms with Crippen LogP contribution >= 0.6 is 0 Å². The summed E-state index contributed by atoms with van der Waals surface area (Å²) in [6, 6.07) is 21.3. The largest absolute Gasteiger partial charge is 0.331 e. The summed E-state index contributed by atoms with van der Waals surface area (Å²) in [6.07, 6.45) is 11.8. The summed E-state index contributed by atoms with van der Waals surface area (Å²) in [5.74, 6) is 0.882. The number of aryl methyl sites for hydroxylation is 1. The van der Waals surface area contributed by atoms with Crippen LogP contribution in [0.4, 0.5) is 0 Å². The second-order valence-electron chi connectivity index (χ2n) is 11.3. The molecule has 2 heterocycles. The molecular weight excluding hydrogens is 466 g/mol. The summed E-state index contributed by atoms with van der Waals surface area (Å²) in [7, 11) is 0. The summed E-state index contributed by atoms with van der Waals surface area (Å²) >= 11 is 0. The van der Waals surface area contributed by atoms with Crippen molar-refractivity contribution in [1.29, 1.82) is 0 Å². The number of pyridine rings is 1. The molecule has 1 saturated heterocycles. The number of amides is 1. The van der Waals surface area contributed by atoms with E-state index in [0.29, 0.717) is 6.54 Å². The van der Waals surface area contributed by atoms with Crippen molar-refractivity contribution >= 4 is 5.91 Å². The third kappa shape index (κ3) is 8.01. The number of hydrogen-bond acceptors (Lipinski definition) is 3. The first-order valence-corrected chi connectivity index (χ1v) is 14.6. The Bertz CT molecular complexity index is 1100. The fraction of sp³-hybridized carbons (Fsp3) is 0.471. The van der Waals surface area contributed by atoms with E-state index in [1.165, 1.54) is 36.8 Å². The predicted molar refractivity (Wildman–Crippen MR) is 158 cm³/mol. The lowest BCUT2D eigenvalue weighted by Gasteiger charge is -2.39. The van der Waals surface area contributed by atoms with E-state index in [9.17, 15) is 4.79 Å². The van der Waals surface area contributed by atoms with Crippen molar-refractivity contribution in [3.63, 3.8) is 0 Å². The van der Waals surface area contributed by atoms with E-state index >= 15 is 0 Å². The Morgan fingerprint density at radius 3 is 2.29 bits per heavy atom. The van der Waals surface area contributed by atoms with Gasteiger partial charge in [-0.25, -0.2) is 0 Å². The number of unbranched alkanes of at least 4 members (excludes halogenated alkanes) is 2. The smallest absolute Gasteiger partial charge is 0.254 e. The zero-order valence-electron chi connectivity index (χ0n) is 23.6. The van der Waals surface area contributed by atoms with Crippen molar-refractivity contribution in [3.05, 3.63) is 89.7 Å². The van der Waals surface area contributed by atoms with Gasteiger partial charge in [-0.05, 0) is 85.0 Å². The van der Waals surface area contributed by atoms with E-state index in [1.807, 2.05) is 24.4 Å². The average Bonchev–Trinajstić information content (AvgIpc) is 2.96. The highest BCUT2D eigenvalue weighted by Gasteiger charge is 2.29. The van der Waals surface area contributed by atoms with Gasteiger partial charge in [-0.1, -0.05) is 76.1 Å². The van der Waals surface area contributed by atoms with Crippen LogP contribution in [0.3, 0.4) is 0 Å². The minimum absolute atomic E-state index is 0.155. The number of aromatic nitrogens is 1. The predicted octanol–water partition coefficient (Wildman–Crippen LogP) is 7.63. The monoisotopic (exact) mass is 511 g/mol. The SMILES string of the molecule is CCCCCc1ccc(C(=O)N(Cc2ccc(-c3cccnc3)cc2)C2CCN(CCC(C)C)CC2)cc1. The van der Waals surface area contributed by atoms with Gasteiger partial charge in [0.15, 0.2) is 0 Å². The molecule has 1 aromatic heterocycles. The Balaban J connectivity index is 1.48. The zero-order chi connectivity index (χ0) is 26.7. The first kappa shape index (κ1) is 28.0. The standard InChI is InChI=1S/C34H45N3O/c1-4-5-6-8-28-10-16-31(17-11-28)34(38)37(33-19-23-36(24-20-33)22-18-27(2)3)26-29-12-14-30(15-13-29)32-9-7-21-35-25-32/h7,9-17,21,25,27,33H,4-6,8,18-20,22-24,26H2,1-3H3. The maximum absolute atomic E-state index is 13.9. The third-order valence-electron chi connectivity index (χ3n) is 7.85. The Morgan fingerprint density at radius 2 is 1.66 bits per heavy atom. The van der Waals surface area contributed by atoms with E-state index < -0.39 is 0 Å². The minimum atomic E-state index is 0.155. The molecule has 1 aliphatic heterocycles. The number of carbonyl (C=O) groups excluding carboxylic acids is 1. The molecule has 1 fully saturated rings. The first-order chi connectivity index (χ1) is 18.5. The molecular formula is C34H45N3O. The number of piperidine rings is 1. The van der Waals surface area contributed by atoms with Gasteiger partial charge in [0.25, 0.3) is 5.91 Å². The van der Waals surface area contributed by atoms with E-state index in [0.717, 1.165) is 61.5 Å². The van der Waals surface area contributed by atoms with Crippen LogP contribution < -0.4 is 0 Å². The number of likely N-dealkylation sites (tertiary alicyclic amines) is 1. The first-order valence-electron chi connectivity index (χ1n) is 14.6. The molecule has 2 aromatic carbocycles. The van der Waals surface area contributed by atoms with Crippen LogP contribution in [0.1, 0.15) is 80.8 Å².